The summed E-state index contributed by atoms with van der Waals surface area (Å²) in [6.07, 6.45) is 0.779. The van der Waals surface area contributed by atoms with Gasteiger partial charge in [0.05, 0.1) is 45.6 Å². The smallest absolute Gasteiger partial charge is 0.274 e. The second-order valence-corrected chi connectivity index (χ2v) is 14.6. The van der Waals surface area contributed by atoms with Crippen molar-refractivity contribution in [3.63, 3.8) is 0 Å². The number of benzene rings is 6. The Morgan fingerprint density at radius 3 is 1.21 bits per heavy atom. The van der Waals surface area contributed by atoms with Crippen molar-refractivity contribution in [3.8, 4) is 22.7 Å². The molecule has 10 heteroatoms. The van der Waals surface area contributed by atoms with Crippen LogP contribution in [0.3, 0.4) is 0 Å². The molecular formula is C46H34N6O4. The molecular weight excluding hydrogens is 701 g/mol. The van der Waals surface area contributed by atoms with Gasteiger partial charge in [-0.15, -0.1) is 0 Å². The summed E-state index contributed by atoms with van der Waals surface area (Å²) in [6, 6.07) is 48.4. The molecule has 1 saturated carbocycles. The van der Waals surface area contributed by atoms with Crippen LogP contribution in [0, 0.1) is 0 Å². The maximum Gasteiger partial charge on any atom is 0.274 e. The van der Waals surface area contributed by atoms with E-state index in [2.05, 4.69) is 67.9 Å². The van der Waals surface area contributed by atoms with Gasteiger partial charge in [0.25, 0.3) is 11.1 Å². The fraction of sp³-hybridized carbons (Fsp3) is 0.0870. The van der Waals surface area contributed by atoms with Crippen LogP contribution in [0.2, 0.25) is 0 Å². The average molecular weight is 735 g/mol. The van der Waals surface area contributed by atoms with Crippen LogP contribution in [0.4, 0.5) is 0 Å². The third-order valence-electron chi connectivity index (χ3n) is 11.6. The molecule has 0 amide bonds. The second kappa shape index (κ2) is 12.2. The molecule has 0 unspecified atom stereocenters. The number of rotatable bonds is 6. The van der Waals surface area contributed by atoms with Crippen LogP contribution >= 0.6 is 0 Å². The molecule has 0 bridgehead atoms. The summed E-state index contributed by atoms with van der Waals surface area (Å²) >= 11 is 0. The molecule has 11 rings (SSSR count). The normalized spacial score (nSPS) is 18.3. The third-order valence-corrected chi connectivity index (χ3v) is 11.6. The zero-order valence-corrected chi connectivity index (χ0v) is 29.8. The minimum atomic E-state index is -1.16. The highest BCUT2D eigenvalue weighted by Crippen LogP contribution is 2.46. The Morgan fingerprint density at radius 2 is 0.786 bits per heavy atom. The predicted octanol–water partition coefficient (Wildman–Crippen LogP) is 7.44. The fourth-order valence-corrected chi connectivity index (χ4v) is 8.98. The molecule has 0 aliphatic heterocycles. The van der Waals surface area contributed by atoms with E-state index in [0.29, 0.717) is 11.4 Å². The van der Waals surface area contributed by atoms with Crippen molar-refractivity contribution < 1.29 is 10.2 Å². The highest BCUT2D eigenvalue weighted by molar-refractivity contribution is 6.10. The van der Waals surface area contributed by atoms with Gasteiger partial charge in [0, 0.05) is 68.3 Å². The van der Waals surface area contributed by atoms with E-state index in [-0.39, 0.29) is 22.2 Å². The molecule has 0 spiro atoms. The molecule has 1 fully saturated rings. The summed E-state index contributed by atoms with van der Waals surface area (Å²) in [5.41, 5.74) is 7.21. The van der Waals surface area contributed by atoms with E-state index in [4.69, 9.17) is 0 Å². The lowest BCUT2D eigenvalue weighted by molar-refractivity contribution is -0.0792. The van der Waals surface area contributed by atoms with Crippen molar-refractivity contribution in [3.05, 3.63) is 190 Å². The number of nitrogens with zero attached hydrogens (tertiary/aromatic N) is 4. The molecule has 0 atom stereocenters. The van der Waals surface area contributed by atoms with Gasteiger partial charge >= 0.3 is 0 Å². The Bertz CT molecular complexity index is 3030. The van der Waals surface area contributed by atoms with E-state index in [9.17, 15) is 19.8 Å². The van der Waals surface area contributed by atoms with Crippen molar-refractivity contribution in [1.82, 2.24) is 28.7 Å². The number of aliphatic hydroxyl groups is 2. The lowest BCUT2D eigenvalue weighted by Crippen LogP contribution is -2.54. The lowest BCUT2D eigenvalue weighted by Gasteiger charge is -2.45. The summed E-state index contributed by atoms with van der Waals surface area (Å²) in [4.78, 5) is 27.9. The Morgan fingerprint density at radius 1 is 0.411 bits per heavy atom. The maximum atomic E-state index is 13.9. The number of hydrogen-bond donors (Lipinski definition) is 4. The molecule has 272 valence electrons. The van der Waals surface area contributed by atoms with Gasteiger partial charge in [-0.2, -0.15) is 0 Å². The van der Waals surface area contributed by atoms with Crippen LogP contribution in [0.1, 0.15) is 23.0 Å². The summed E-state index contributed by atoms with van der Waals surface area (Å²) in [5.74, 6) is -1.76. The molecule has 10 aromatic rings. The molecule has 0 radical (unpaired) electrons. The van der Waals surface area contributed by atoms with E-state index in [1.165, 1.54) is 9.36 Å². The number of aromatic amines is 2. The summed E-state index contributed by atoms with van der Waals surface area (Å²) in [7, 11) is 0. The van der Waals surface area contributed by atoms with E-state index in [1.807, 2.05) is 97.1 Å². The maximum absolute atomic E-state index is 13.9. The molecule has 4 heterocycles. The molecule has 4 aromatic heterocycles. The van der Waals surface area contributed by atoms with Gasteiger partial charge in [0.2, 0.25) is 0 Å². The molecule has 1 aliphatic carbocycles. The first-order valence-electron chi connectivity index (χ1n) is 18.6. The van der Waals surface area contributed by atoms with Crippen LogP contribution in [-0.4, -0.2) is 51.1 Å². The number of para-hydroxylation sites is 4. The van der Waals surface area contributed by atoms with E-state index in [0.717, 1.165) is 55.0 Å². The zero-order chi connectivity index (χ0) is 37.7. The van der Waals surface area contributed by atoms with Crippen molar-refractivity contribution in [2.24, 2.45) is 0 Å². The molecule has 4 N–H and O–H groups in total. The minimum Gasteiger partial charge on any atom is -0.392 e. The monoisotopic (exact) mass is 734 g/mol. The first kappa shape index (κ1) is 32.3. The number of aliphatic hydroxyl groups excluding tert-OH is 2. The van der Waals surface area contributed by atoms with Crippen molar-refractivity contribution in [1.29, 1.82) is 0 Å². The van der Waals surface area contributed by atoms with Gasteiger partial charge in [-0.05, 0) is 72.8 Å². The molecule has 1 aliphatic rings. The fourth-order valence-electron chi connectivity index (χ4n) is 8.98. The van der Waals surface area contributed by atoms with Gasteiger partial charge in [0.15, 0.2) is 0 Å². The highest BCUT2D eigenvalue weighted by atomic mass is 16.3. The molecule has 56 heavy (non-hydrogen) atoms. The molecule has 10 nitrogen and oxygen atoms in total. The predicted molar refractivity (Wildman–Crippen MR) is 219 cm³/mol. The Kier molecular flexibility index (Phi) is 7.03. The van der Waals surface area contributed by atoms with Crippen molar-refractivity contribution in [2.75, 3.05) is 0 Å². The molecule has 6 aromatic carbocycles. The third kappa shape index (κ3) is 4.57. The van der Waals surface area contributed by atoms with Crippen molar-refractivity contribution in [2.45, 2.75) is 24.0 Å². The van der Waals surface area contributed by atoms with Crippen LogP contribution < -0.4 is 11.1 Å². The number of hydrogen-bond acceptors (Lipinski definition) is 4. The Balaban J connectivity index is 0.909. The lowest BCUT2D eigenvalue weighted by atomic mass is 9.64. The average Bonchev–Trinajstić information content (AvgIpc) is 3.99. The first-order valence-corrected chi connectivity index (χ1v) is 18.6. The Labute approximate surface area is 318 Å². The van der Waals surface area contributed by atoms with Crippen LogP contribution in [0.5, 0.6) is 0 Å². The SMILES string of the molecule is O=c1c(C2C(O)C(c3c[nH]n(-c4ccc5c(c4)c4ccccc4n5-c4ccccc4)c3=O)C2O)c[nH]n1-c1ccc2c(c1)c1ccccc1n2-c1ccccc1. The van der Waals surface area contributed by atoms with Crippen LogP contribution in [0.15, 0.2) is 168 Å². The van der Waals surface area contributed by atoms with E-state index in [1.54, 1.807) is 12.4 Å². The number of H-pyrrole nitrogens is 2. The summed E-state index contributed by atoms with van der Waals surface area (Å²) < 4.78 is 7.28. The van der Waals surface area contributed by atoms with Crippen LogP contribution in [0.25, 0.3) is 66.4 Å². The minimum absolute atomic E-state index is 0.254. The van der Waals surface area contributed by atoms with E-state index < -0.39 is 24.0 Å². The van der Waals surface area contributed by atoms with Gasteiger partial charge in [-0.25, -0.2) is 9.36 Å². The number of nitrogens with one attached hydrogen (secondary N) is 2. The zero-order valence-electron chi connectivity index (χ0n) is 29.8. The summed E-state index contributed by atoms with van der Waals surface area (Å²) in [6.45, 7) is 0. The van der Waals surface area contributed by atoms with Crippen molar-refractivity contribution >= 4 is 43.6 Å². The highest BCUT2D eigenvalue weighted by Gasteiger charge is 2.53. The largest absolute Gasteiger partial charge is 0.392 e. The van der Waals surface area contributed by atoms with Gasteiger partial charge < -0.3 is 19.3 Å². The standard InChI is InChI=1S/C46H34N6O4/c53-43-41(35-25-47-51(45(35)55)29-19-21-39-33(23-29)31-15-7-9-17-37(31)49(39)27-11-3-1-4-12-27)44(54)42(43)36-26-48-52(46(36)56)30-20-22-40-34(24-30)32-16-8-10-18-38(32)50(40)28-13-5-2-6-14-28/h1-26,41-44,47-48,53-54H. The molecule has 0 saturated heterocycles. The topological polar surface area (TPSA) is 126 Å². The number of fused-ring (bicyclic) bond motifs is 6. The van der Waals surface area contributed by atoms with Crippen LogP contribution in [-0.2, 0) is 0 Å². The van der Waals surface area contributed by atoms with E-state index >= 15 is 0 Å². The van der Waals surface area contributed by atoms with Gasteiger partial charge in [0.1, 0.15) is 0 Å². The van der Waals surface area contributed by atoms with Gasteiger partial charge in [-0.1, -0.05) is 72.8 Å². The summed E-state index contributed by atoms with van der Waals surface area (Å²) in [5, 5.41) is 33.2. The first-order chi connectivity index (χ1) is 27.5. The number of aromatic nitrogens is 6. The Hall–Kier alpha value is -7.14. The quantitative estimate of drug-likeness (QED) is 0.142. The van der Waals surface area contributed by atoms with Gasteiger partial charge in [-0.3, -0.25) is 19.8 Å². The second-order valence-electron chi connectivity index (χ2n) is 14.6.